The van der Waals surface area contributed by atoms with Gasteiger partial charge in [-0.15, -0.1) is 12.4 Å². The van der Waals surface area contributed by atoms with E-state index in [0.29, 0.717) is 50.0 Å². The molecule has 1 saturated heterocycles. The highest BCUT2D eigenvalue weighted by atomic mass is 35.5. The highest BCUT2D eigenvalue weighted by Crippen LogP contribution is 2.40. The molecule has 3 aromatic rings. The Kier molecular flexibility index (Phi) is 11.8. The minimum atomic E-state index is -4.69. The maximum atomic E-state index is 14.0. The van der Waals surface area contributed by atoms with Crippen molar-refractivity contribution >= 4 is 53.3 Å². The second kappa shape index (κ2) is 15.1. The maximum Gasteiger partial charge on any atom is 0.397 e. The number of likely N-dealkylation sites (N-methyl/N-ethyl adjacent to an activating group) is 2. The van der Waals surface area contributed by atoms with Crippen molar-refractivity contribution in [3.8, 4) is 0 Å². The quantitative estimate of drug-likeness (QED) is 0.262. The van der Waals surface area contributed by atoms with Crippen LogP contribution >= 0.6 is 35.6 Å². The first kappa shape index (κ1) is 37.5. The lowest BCUT2D eigenvalue weighted by Crippen LogP contribution is -2.58. The summed E-state index contributed by atoms with van der Waals surface area (Å²) in [6.07, 6.45) is -4.38. The van der Waals surface area contributed by atoms with Crippen LogP contribution in [0.2, 0.25) is 10.0 Å². The predicted octanol–water partition coefficient (Wildman–Crippen LogP) is 6.85. The smallest absolute Gasteiger partial charge is 0.346 e. The molecule has 2 heterocycles. The molecule has 0 aliphatic carbocycles. The molecule has 3 aromatic carbocycles. The molecular weight excluding hydrogens is 688 g/mol. The molecule has 2 aliphatic rings. The molecule has 1 atom stereocenters. The fraction of sp³-hybridized carbons (Fsp3) is 0.400. The van der Waals surface area contributed by atoms with E-state index in [9.17, 15) is 27.6 Å². The number of likely N-dealkylation sites (tertiary alicyclic amines) is 1. The van der Waals surface area contributed by atoms with Gasteiger partial charge in [-0.05, 0) is 60.2 Å². The summed E-state index contributed by atoms with van der Waals surface area (Å²) in [6, 6.07) is 21.4. The number of carbonyl (C=O) groups is 3. The largest absolute Gasteiger partial charge is 0.397 e. The number of rotatable bonds is 9. The van der Waals surface area contributed by atoms with Crippen LogP contribution < -0.4 is 5.32 Å². The standard InChI is InChI=1S/C35H37Cl2F3N4O3.ClH/c1-42(31(46)22-35(38,39)40)23-34(26-12-13-28(36)29(37)21-26,43(2)32(47)24-8-4-3-5-9-24)16-19-44-17-14-33(15-18-44)27-11-7-6-10-25(27)20-30(45)41-33;/h3-13,21H,14-20,22-23H2,1-2H3,(H,41,45);1H/t34-;/m1./s1. The predicted molar refractivity (Wildman–Crippen MR) is 182 cm³/mol. The van der Waals surface area contributed by atoms with Gasteiger partial charge in [-0.25, -0.2) is 0 Å². The Morgan fingerprint density at radius 3 is 2.23 bits per heavy atom. The van der Waals surface area contributed by atoms with E-state index in [1.807, 2.05) is 18.2 Å². The molecule has 0 bridgehead atoms. The highest BCUT2D eigenvalue weighted by molar-refractivity contribution is 6.42. The van der Waals surface area contributed by atoms with Gasteiger partial charge in [0.2, 0.25) is 11.8 Å². The van der Waals surface area contributed by atoms with Crippen molar-refractivity contribution in [1.29, 1.82) is 0 Å². The Hall–Kier alpha value is -3.31. The molecule has 0 radical (unpaired) electrons. The van der Waals surface area contributed by atoms with E-state index < -0.39 is 29.6 Å². The summed E-state index contributed by atoms with van der Waals surface area (Å²) in [4.78, 5) is 44.3. The lowest BCUT2D eigenvalue weighted by molar-refractivity contribution is -0.161. The molecule has 13 heteroatoms. The van der Waals surface area contributed by atoms with Crippen LogP contribution in [0.25, 0.3) is 0 Å². The number of amides is 3. The Morgan fingerprint density at radius 1 is 0.938 bits per heavy atom. The van der Waals surface area contributed by atoms with Crippen LogP contribution in [0.15, 0.2) is 72.8 Å². The monoisotopic (exact) mass is 724 g/mol. The summed E-state index contributed by atoms with van der Waals surface area (Å²) >= 11 is 12.8. The van der Waals surface area contributed by atoms with E-state index >= 15 is 0 Å². The first-order valence-corrected chi connectivity index (χ1v) is 16.2. The van der Waals surface area contributed by atoms with Gasteiger partial charge in [-0.1, -0.05) is 71.7 Å². The number of nitrogens with zero attached hydrogens (tertiary/aromatic N) is 3. The van der Waals surface area contributed by atoms with E-state index in [1.54, 1.807) is 55.6 Å². The van der Waals surface area contributed by atoms with Crippen LogP contribution in [0.4, 0.5) is 13.2 Å². The van der Waals surface area contributed by atoms with Crippen molar-refractivity contribution in [3.05, 3.63) is 105 Å². The zero-order chi connectivity index (χ0) is 34.0. The van der Waals surface area contributed by atoms with Crippen LogP contribution in [0, 0.1) is 0 Å². The van der Waals surface area contributed by atoms with Gasteiger partial charge < -0.3 is 20.0 Å². The highest BCUT2D eigenvalue weighted by Gasteiger charge is 2.45. The van der Waals surface area contributed by atoms with Crippen molar-refractivity contribution in [1.82, 2.24) is 20.0 Å². The maximum absolute atomic E-state index is 14.0. The normalized spacial score (nSPS) is 17.0. The fourth-order valence-electron chi connectivity index (χ4n) is 6.91. The zero-order valence-electron chi connectivity index (χ0n) is 26.7. The van der Waals surface area contributed by atoms with Gasteiger partial charge in [-0.2, -0.15) is 13.2 Å². The van der Waals surface area contributed by atoms with Crippen LogP contribution in [0.3, 0.4) is 0 Å². The SMILES string of the molecule is CN(C[C@](CCN1CCC2(CC1)NC(=O)Cc1ccccc12)(c1ccc(Cl)c(Cl)c1)N(C)C(=O)c1ccccc1)C(=O)CC(F)(F)F.Cl. The van der Waals surface area contributed by atoms with Crippen LogP contribution in [0.1, 0.15) is 52.7 Å². The van der Waals surface area contributed by atoms with Gasteiger partial charge in [-0.3, -0.25) is 14.4 Å². The second-order valence-corrected chi connectivity index (χ2v) is 13.3. The Labute approximate surface area is 294 Å². The number of piperidine rings is 1. The van der Waals surface area contributed by atoms with Gasteiger partial charge >= 0.3 is 6.18 Å². The second-order valence-electron chi connectivity index (χ2n) is 12.5. The summed E-state index contributed by atoms with van der Waals surface area (Å²) in [5.41, 5.74) is 1.30. The molecule has 2 aliphatic heterocycles. The Morgan fingerprint density at radius 2 is 1.58 bits per heavy atom. The van der Waals surface area contributed by atoms with Gasteiger partial charge in [0.1, 0.15) is 6.42 Å². The van der Waals surface area contributed by atoms with Crippen LogP contribution in [0.5, 0.6) is 0 Å². The molecule has 0 saturated carbocycles. The lowest BCUT2D eigenvalue weighted by Gasteiger charge is -2.48. The molecule has 5 rings (SSSR count). The summed E-state index contributed by atoms with van der Waals surface area (Å²) in [6.45, 7) is 1.48. The van der Waals surface area contributed by atoms with Crippen LogP contribution in [-0.4, -0.2) is 78.9 Å². The van der Waals surface area contributed by atoms with E-state index in [4.69, 9.17) is 23.2 Å². The minimum absolute atomic E-state index is 0. The number of benzene rings is 3. The third kappa shape index (κ3) is 8.10. The van der Waals surface area contributed by atoms with E-state index in [2.05, 4.69) is 16.3 Å². The van der Waals surface area contributed by atoms with Gasteiger partial charge in [0.25, 0.3) is 5.91 Å². The molecule has 0 aromatic heterocycles. The van der Waals surface area contributed by atoms with Gasteiger partial charge in [0.05, 0.1) is 27.5 Å². The fourth-order valence-corrected chi connectivity index (χ4v) is 7.21. The molecule has 0 unspecified atom stereocenters. The summed E-state index contributed by atoms with van der Waals surface area (Å²) in [5, 5.41) is 3.73. The number of hydrogen-bond acceptors (Lipinski definition) is 4. The summed E-state index contributed by atoms with van der Waals surface area (Å²) in [5.74, 6) is -1.50. The lowest BCUT2D eigenvalue weighted by atomic mass is 9.75. The third-order valence-electron chi connectivity index (χ3n) is 9.51. The molecule has 7 nitrogen and oxygen atoms in total. The average molecular weight is 726 g/mol. The molecule has 1 N–H and O–H groups in total. The summed E-state index contributed by atoms with van der Waals surface area (Å²) < 4.78 is 39.9. The molecular formula is C35H38Cl3F3N4O3. The molecule has 48 heavy (non-hydrogen) atoms. The summed E-state index contributed by atoms with van der Waals surface area (Å²) in [7, 11) is 2.91. The molecule has 3 amide bonds. The van der Waals surface area contributed by atoms with Gasteiger partial charge in [0, 0.05) is 45.8 Å². The van der Waals surface area contributed by atoms with Crippen molar-refractivity contribution in [2.45, 2.75) is 49.4 Å². The number of hydrogen-bond donors (Lipinski definition) is 1. The Balaban J connectivity index is 0.00000520. The van der Waals surface area contributed by atoms with Crippen LogP contribution in [-0.2, 0) is 27.1 Å². The molecule has 258 valence electrons. The number of nitrogens with one attached hydrogen (secondary N) is 1. The molecule has 1 spiro atoms. The van der Waals surface area contributed by atoms with Crippen molar-refractivity contribution < 1.29 is 27.6 Å². The first-order valence-electron chi connectivity index (χ1n) is 15.4. The number of halogens is 6. The zero-order valence-corrected chi connectivity index (χ0v) is 29.0. The average Bonchev–Trinajstić information content (AvgIpc) is 3.04. The first-order chi connectivity index (χ1) is 22.2. The van der Waals surface area contributed by atoms with Gasteiger partial charge in [0.15, 0.2) is 0 Å². The van der Waals surface area contributed by atoms with Crippen molar-refractivity contribution in [2.75, 3.05) is 40.3 Å². The van der Waals surface area contributed by atoms with E-state index in [1.165, 1.54) is 11.9 Å². The van der Waals surface area contributed by atoms with Crippen molar-refractivity contribution in [2.24, 2.45) is 0 Å². The third-order valence-corrected chi connectivity index (χ3v) is 10.3. The van der Waals surface area contributed by atoms with E-state index in [-0.39, 0.29) is 47.2 Å². The topological polar surface area (TPSA) is 73.0 Å². The molecule has 1 fully saturated rings. The minimum Gasteiger partial charge on any atom is -0.346 e. The number of fused-ring (bicyclic) bond motifs is 2. The Bertz CT molecular complexity index is 1630. The van der Waals surface area contributed by atoms with Crippen molar-refractivity contribution in [3.63, 3.8) is 0 Å². The van der Waals surface area contributed by atoms with E-state index in [0.717, 1.165) is 16.0 Å². The number of carbonyl (C=O) groups excluding carboxylic acids is 3. The number of alkyl halides is 3.